The van der Waals surface area contributed by atoms with E-state index in [0.717, 1.165) is 25.1 Å². The van der Waals surface area contributed by atoms with Gasteiger partial charge in [-0.05, 0) is 25.8 Å². The highest BCUT2D eigenvalue weighted by Gasteiger charge is 2.39. The number of nitrogens with one attached hydrogen (secondary N) is 1. The summed E-state index contributed by atoms with van der Waals surface area (Å²) in [5.41, 5.74) is -0.834. The first-order valence-corrected chi connectivity index (χ1v) is 12.3. The van der Waals surface area contributed by atoms with Gasteiger partial charge in [0.2, 0.25) is 0 Å². The maximum Gasteiger partial charge on any atom is 0.433 e. The number of carbonyl (C=O) groups is 1. The van der Waals surface area contributed by atoms with Crippen LogP contribution < -0.4 is 5.32 Å². The topological polar surface area (TPSA) is 124 Å². The molecular formula is C21H20F3N7O3S. The normalized spacial score (nSPS) is 15.6. The van der Waals surface area contributed by atoms with Crippen LogP contribution in [0.15, 0.2) is 29.7 Å². The van der Waals surface area contributed by atoms with E-state index < -0.39 is 21.7 Å². The molecule has 0 unspecified atom stereocenters. The van der Waals surface area contributed by atoms with E-state index in [1.165, 1.54) is 35.4 Å². The van der Waals surface area contributed by atoms with Crippen LogP contribution in [0.25, 0.3) is 28.1 Å². The van der Waals surface area contributed by atoms with Gasteiger partial charge in [0, 0.05) is 25.0 Å². The zero-order valence-corrected chi connectivity index (χ0v) is 19.7. The molecule has 1 fully saturated rings. The summed E-state index contributed by atoms with van der Waals surface area (Å²) < 4.78 is 67.9. The number of carbonyl (C=O) groups excluding carboxylic acids is 1. The van der Waals surface area contributed by atoms with Crippen molar-refractivity contribution in [3.05, 3.63) is 35.9 Å². The average molecular weight is 507 g/mol. The molecule has 0 saturated heterocycles. The third kappa shape index (κ3) is 3.90. The van der Waals surface area contributed by atoms with Crippen LogP contribution in [-0.2, 0) is 23.1 Å². The van der Waals surface area contributed by atoms with Crippen LogP contribution in [0.5, 0.6) is 0 Å². The Morgan fingerprint density at radius 2 is 1.94 bits per heavy atom. The summed E-state index contributed by atoms with van der Waals surface area (Å²) in [4.78, 5) is 24.7. The number of amides is 1. The molecule has 1 N–H and O–H groups in total. The maximum atomic E-state index is 13.1. The molecular weight excluding hydrogens is 487 g/mol. The molecule has 1 amide bonds. The first-order chi connectivity index (χ1) is 16.3. The van der Waals surface area contributed by atoms with Gasteiger partial charge in [-0.25, -0.2) is 27.9 Å². The van der Waals surface area contributed by atoms with Crippen LogP contribution in [-0.4, -0.2) is 54.7 Å². The highest BCUT2D eigenvalue weighted by molar-refractivity contribution is 7.91. The van der Waals surface area contributed by atoms with Crippen LogP contribution in [0.1, 0.15) is 42.7 Å². The lowest BCUT2D eigenvalue weighted by atomic mass is 10.2. The van der Waals surface area contributed by atoms with E-state index in [1.54, 1.807) is 0 Å². The second-order valence-corrected chi connectivity index (χ2v) is 11.0. The molecule has 4 aromatic heterocycles. The molecule has 10 nitrogen and oxygen atoms in total. The minimum Gasteiger partial charge on any atom is -0.347 e. The lowest BCUT2D eigenvalue weighted by molar-refractivity contribution is -0.141. The van der Waals surface area contributed by atoms with Crippen molar-refractivity contribution in [2.24, 2.45) is 7.05 Å². The Kier molecular flexibility index (Phi) is 4.95. The fourth-order valence-corrected chi connectivity index (χ4v) is 4.69. The molecule has 0 aliphatic heterocycles. The zero-order chi connectivity index (χ0) is 25.3. The van der Waals surface area contributed by atoms with Crippen molar-refractivity contribution in [1.29, 1.82) is 0 Å². The van der Waals surface area contributed by atoms with Gasteiger partial charge in [0.1, 0.15) is 17.1 Å². The van der Waals surface area contributed by atoms with Crippen molar-refractivity contribution in [1.82, 2.24) is 34.4 Å². The monoisotopic (exact) mass is 507 g/mol. The number of nitrogens with zero attached hydrogens (tertiary/aromatic N) is 6. The van der Waals surface area contributed by atoms with E-state index in [0.29, 0.717) is 0 Å². The second kappa shape index (κ2) is 7.47. The Morgan fingerprint density at radius 3 is 2.57 bits per heavy atom. The summed E-state index contributed by atoms with van der Waals surface area (Å²) in [6.07, 6.45) is 0.753. The molecule has 14 heteroatoms. The summed E-state index contributed by atoms with van der Waals surface area (Å²) in [7, 11) is -2.37. The third-order valence-corrected chi connectivity index (χ3v) is 7.71. The highest BCUT2D eigenvalue weighted by atomic mass is 32.2. The van der Waals surface area contributed by atoms with E-state index in [4.69, 9.17) is 0 Å². The summed E-state index contributed by atoms with van der Waals surface area (Å²) in [5, 5.41) is 6.76. The van der Waals surface area contributed by atoms with Crippen LogP contribution in [0.4, 0.5) is 13.2 Å². The fraction of sp³-hybridized carbons (Fsp3) is 0.381. The highest BCUT2D eigenvalue weighted by Crippen LogP contribution is 2.36. The first kappa shape index (κ1) is 23.2. The summed E-state index contributed by atoms with van der Waals surface area (Å²) >= 11 is 0. The number of alkyl halides is 3. The summed E-state index contributed by atoms with van der Waals surface area (Å²) in [6.45, 7) is 3.36. The SMILES string of the molecule is CCS(=O)(=O)c1nn2cc(C(=O)NC3(C)CC3)cnc2c1-c1nc2cc(C(F)(F)F)ncc2n1C. The predicted molar refractivity (Wildman–Crippen MR) is 118 cm³/mol. The molecule has 1 aliphatic carbocycles. The van der Waals surface area contributed by atoms with Crippen molar-refractivity contribution < 1.29 is 26.4 Å². The van der Waals surface area contributed by atoms with Crippen LogP contribution in [0, 0.1) is 0 Å². The van der Waals surface area contributed by atoms with Crippen molar-refractivity contribution >= 4 is 32.4 Å². The van der Waals surface area contributed by atoms with E-state index in [2.05, 4.69) is 25.4 Å². The van der Waals surface area contributed by atoms with Gasteiger partial charge in [-0.2, -0.15) is 18.3 Å². The van der Waals surface area contributed by atoms with Gasteiger partial charge in [-0.15, -0.1) is 0 Å². The number of imidazole rings is 1. The number of aryl methyl sites for hydroxylation is 1. The zero-order valence-electron chi connectivity index (χ0n) is 18.9. The van der Waals surface area contributed by atoms with Gasteiger partial charge in [0.25, 0.3) is 5.91 Å². The number of rotatable bonds is 5. The Hall–Kier alpha value is -3.55. The summed E-state index contributed by atoms with van der Waals surface area (Å²) in [5.74, 6) is -0.595. The minimum absolute atomic E-state index is 0.0160. The fourth-order valence-electron chi connectivity index (χ4n) is 3.71. The minimum atomic E-state index is -4.66. The maximum absolute atomic E-state index is 13.1. The lowest BCUT2D eigenvalue weighted by Gasteiger charge is -2.11. The molecule has 4 aromatic rings. The number of fused-ring (bicyclic) bond motifs is 2. The number of hydrogen-bond donors (Lipinski definition) is 1. The largest absolute Gasteiger partial charge is 0.433 e. The molecule has 184 valence electrons. The average Bonchev–Trinajstić information content (AvgIpc) is 3.25. The Labute approximate surface area is 197 Å². The van der Waals surface area contributed by atoms with Gasteiger partial charge >= 0.3 is 6.18 Å². The van der Waals surface area contributed by atoms with Crippen LogP contribution in [0.3, 0.4) is 0 Å². The molecule has 0 spiro atoms. The quantitative estimate of drug-likeness (QED) is 0.441. The van der Waals surface area contributed by atoms with Crippen molar-refractivity contribution in [2.45, 2.75) is 43.4 Å². The van der Waals surface area contributed by atoms with Crippen molar-refractivity contribution in [3.63, 3.8) is 0 Å². The standard InChI is InChI=1S/C21H20F3N7O3S/c1-4-35(33,34)19-15(17-27-12-7-14(21(22,23)24)25-9-13(12)30(17)3)16-26-8-11(10-31(16)29-19)18(32)28-20(2)5-6-20/h7-10H,4-6H2,1-3H3,(H,28,32). The Bertz CT molecular complexity index is 1620. The van der Waals surface area contributed by atoms with Crippen molar-refractivity contribution in [3.8, 4) is 11.4 Å². The molecule has 1 aliphatic rings. The third-order valence-electron chi connectivity index (χ3n) is 6.07. The molecule has 4 heterocycles. The molecule has 35 heavy (non-hydrogen) atoms. The van der Waals surface area contributed by atoms with Gasteiger partial charge < -0.3 is 9.88 Å². The van der Waals surface area contributed by atoms with Gasteiger partial charge in [-0.1, -0.05) is 6.92 Å². The van der Waals surface area contributed by atoms with Gasteiger partial charge in [0.05, 0.1) is 28.5 Å². The lowest BCUT2D eigenvalue weighted by Crippen LogP contribution is -2.34. The van der Waals surface area contributed by atoms with Crippen LogP contribution in [0.2, 0.25) is 0 Å². The molecule has 0 bridgehead atoms. The summed E-state index contributed by atoms with van der Waals surface area (Å²) in [6, 6.07) is 0.798. The second-order valence-electron chi connectivity index (χ2n) is 8.76. The van der Waals surface area contributed by atoms with Gasteiger partial charge in [0.15, 0.2) is 20.5 Å². The van der Waals surface area contributed by atoms with Crippen molar-refractivity contribution in [2.75, 3.05) is 5.75 Å². The Morgan fingerprint density at radius 1 is 1.23 bits per heavy atom. The van der Waals surface area contributed by atoms with Gasteiger partial charge in [-0.3, -0.25) is 4.79 Å². The van der Waals surface area contributed by atoms with E-state index in [1.807, 2.05) is 6.92 Å². The van der Waals surface area contributed by atoms with E-state index in [9.17, 15) is 26.4 Å². The number of aromatic nitrogens is 6. The molecule has 0 radical (unpaired) electrons. The Balaban J connectivity index is 1.71. The smallest absolute Gasteiger partial charge is 0.347 e. The number of pyridine rings is 1. The first-order valence-electron chi connectivity index (χ1n) is 10.7. The van der Waals surface area contributed by atoms with E-state index in [-0.39, 0.29) is 55.9 Å². The number of halogens is 3. The number of sulfone groups is 1. The number of hydrogen-bond acceptors (Lipinski definition) is 7. The predicted octanol–water partition coefficient (Wildman–Crippen LogP) is 2.77. The van der Waals surface area contributed by atoms with E-state index >= 15 is 0 Å². The molecule has 1 saturated carbocycles. The molecule has 0 atom stereocenters. The molecule has 5 rings (SSSR count). The van der Waals surface area contributed by atoms with Crippen LogP contribution >= 0.6 is 0 Å². The molecule has 0 aromatic carbocycles.